The average molecular weight is 514 g/mol. The minimum atomic E-state index is -4.43. The van der Waals surface area contributed by atoms with Crippen LogP contribution in [-0.2, 0) is 6.18 Å². The van der Waals surface area contributed by atoms with E-state index in [1.165, 1.54) is 18.0 Å². The van der Waals surface area contributed by atoms with Gasteiger partial charge in [0.1, 0.15) is 5.82 Å². The van der Waals surface area contributed by atoms with E-state index in [0.717, 1.165) is 33.7 Å². The molecule has 2 aromatic carbocycles. The topological polar surface area (TPSA) is 94.1 Å². The standard InChI is InChI=1S/C25H22F3N5O2S/c26-25(27,28)18-4-8-23(29-13-18)31-21-9-10-33(14-22(21)34)36-19-5-1-15(2-6-19)16-3-7-20-17(11-16)12-30-32-24(20)35/h1-8,11-13,21-22,34H,9-10,14H2,(H,29,31)(H,32,35). The minimum absolute atomic E-state index is 0.220. The second-order valence-corrected chi connectivity index (χ2v) is 9.71. The summed E-state index contributed by atoms with van der Waals surface area (Å²) >= 11 is 1.54. The molecule has 2 atom stereocenters. The number of aliphatic hydroxyl groups is 1. The number of hydrogen-bond donors (Lipinski definition) is 3. The molecule has 36 heavy (non-hydrogen) atoms. The van der Waals surface area contributed by atoms with E-state index in [1.54, 1.807) is 12.3 Å². The highest BCUT2D eigenvalue weighted by atomic mass is 32.2. The monoisotopic (exact) mass is 513 g/mol. The van der Waals surface area contributed by atoms with E-state index in [1.807, 2.05) is 36.4 Å². The minimum Gasteiger partial charge on any atom is -0.390 e. The molecule has 5 rings (SSSR count). The summed E-state index contributed by atoms with van der Waals surface area (Å²) in [5, 5.41) is 21.3. The zero-order chi connectivity index (χ0) is 25.3. The van der Waals surface area contributed by atoms with E-state index < -0.39 is 17.8 Å². The number of fused-ring (bicyclic) bond motifs is 1. The van der Waals surface area contributed by atoms with Crippen molar-refractivity contribution in [1.29, 1.82) is 0 Å². The number of nitrogens with one attached hydrogen (secondary N) is 2. The number of rotatable bonds is 5. The first-order valence-corrected chi connectivity index (χ1v) is 12.0. The molecule has 0 saturated carbocycles. The molecule has 0 amide bonds. The Morgan fingerprint density at radius 1 is 1.06 bits per heavy atom. The lowest BCUT2D eigenvalue weighted by Crippen LogP contribution is -2.47. The van der Waals surface area contributed by atoms with Crippen molar-refractivity contribution in [3.05, 3.63) is 82.9 Å². The number of alkyl halides is 3. The van der Waals surface area contributed by atoms with E-state index in [9.17, 15) is 23.1 Å². The molecule has 4 aromatic rings. The number of halogens is 3. The molecule has 0 spiro atoms. The third-order valence-corrected chi connectivity index (χ3v) is 7.13. The van der Waals surface area contributed by atoms with Gasteiger partial charge in [-0.1, -0.05) is 18.2 Å². The first kappa shape index (κ1) is 24.3. The highest BCUT2D eigenvalue weighted by Crippen LogP contribution is 2.31. The lowest BCUT2D eigenvalue weighted by Gasteiger charge is -2.35. The highest BCUT2D eigenvalue weighted by Gasteiger charge is 2.31. The van der Waals surface area contributed by atoms with Gasteiger partial charge < -0.3 is 10.4 Å². The molecule has 1 fully saturated rings. The summed E-state index contributed by atoms with van der Waals surface area (Å²) in [7, 11) is 0. The van der Waals surface area contributed by atoms with Crippen LogP contribution in [0.1, 0.15) is 12.0 Å². The summed E-state index contributed by atoms with van der Waals surface area (Å²) in [5.41, 5.74) is 0.959. The van der Waals surface area contributed by atoms with Gasteiger partial charge in [0.2, 0.25) is 0 Å². The number of piperidine rings is 1. The van der Waals surface area contributed by atoms with Gasteiger partial charge in [0.25, 0.3) is 5.56 Å². The normalized spacial score (nSPS) is 18.9. The van der Waals surface area contributed by atoms with Crippen molar-refractivity contribution in [2.45, 2.75) is 29.6 Å². The Labute approximate surface area is 208 Å². The van der Waals surface area contributed by atoms with Gasteiger partial charge in [0.15, 0.2) is 0 Å². The van der Waals surface area contributed by atoms with Gasteiger partial charge in [-0.15, -0.1) is 0 Å². The van der Waals surface area contributed by atoms with Gasteiger partial charge in [-0.05, 0) is 65.9 Å². The Kier molecular flexibility index (Phi) is 6.69. The summed E-state index contributed by atoms with van der Waals surface area (Å²) in [6.07, 6.45) is -2.11. The number of benzene rings is 2. The van der Waals surface area contributed by atoms with Crippen LogP contribution in [0, 0.1) is 0 Å². The van der Waals surface area contributed by atoms with E-state index in [2.05, 4.69) is 24.8 Å². The maximum atomic E-state index is 12.7. The quantitative estimate of drug-likeness (QED) is 0.337. The average Bonchev–Trinajstić information content (AvgIpc) is 2.86. The lowest BCUT2D eigenvalue weighted by atomic mass is 10.0. The molecule has 1 saturated heterocycles. The summed E-state index contributed by atoms with van der Waals surface area (Å²) in [6.45, 7) is 1.09. The second kappa shape index (κ2) is 9.92. The van der Waals surface area contributed by atoms with Gasteiger partial charge >= 0.3 is 6.18 Å². The molecular formula is C25H22F3N5O2S. The molecule has 3 heterocycles. The maximum absolute atomic E-state index is 12.7. The Bertz CT molecular complexity index is 1410. The molecule has 2 aromatic heterocycles. The fourth-order valence-corrected chi connectivity index (χ4v) is 5.10. The highest BCUT2D eigenvalue weighted by molar-refractivity contribution is 7.97. The van der Waals surface area contributed by atoms with Gasteiger partial charge in [0, 0.05) is 29.6 Å². The Hall–Kier alpha value is -3.41. The van der Waals surface area contributed by atoms with Crippen LogP contribution in [0.3, 0.4) is 0 Å². The van der Waals surface area contributed by atoms with Crippen LogP contribution in [0.2, 0.25) is 0 Å². The van der Waals surface area contributed by atoms with Crippen LogP contribution in [0.4, 0.5) is 19.0 Å². The number of aliphatic hydroxyl groups excluding tert-OH is 1. The van der Waals surface area contributed by atoms with Crippen molar-refractivity contribution >= 4 is 28.5 Å². The van der Waals surface area contributed by atoms with Crippen LogP contribution in [0.15, 0.2) is 76.7 Å². The molecule has 0 bridgehead atoms. The second-order valence-electron chi connectivity index (χ2n) is 8.54. The molecule has 3 N–H and O–H groups in total. The number of aromatic nitrogens is 3. The van der Waals surface area contributed by atoms with Crippen molar-refractivity contribution in [3.8, 4) is 11.1 Å². The van der Waals surface area contributed by atoms with E-state index in [4.69, 9.17) is 0 Å². The number of hydrogen-bond acceptors (Lipinski definition) is 7. The molecule has 2 unspecified atom stereocenters. The van der Waals surface area contributed by atoms with E-state index in [0.29, 0.717) is 30.7 Å². The molecule has 7 nitrogen and oxygen atoms in total. The summed E-state index contributed by atoms with van der Waals surface area (Å²) in [6, 6.07) is 15.6. The molecule has 186 valence electrons. The lowest BCUT2D eigenvalue weighted by molar-refractivity contribution is -0.137. The van der Waals surface area contributed by atoms with Crippen LogP contribution in [0.25, 0.3) is 21.9 Å². The smallest absolute Gasteiger partial charge is 0.390 e. The summed E-state index contributed by atoms with van der Waals surface area (Å²) in [5.74, 6) is 0.304. The predicted molar refractivity (Wildman–Crippen MR) is 133 cm³/mol. The van der Waals surface area contributed by atoms with Gasteiger partial charge in [0.05, 0.1) is 29.3 Å². The van der Waals surface area contributed by atoms with E-state index in [-0.39, 0.29) is 11.6 Å². The summed E-state index contributed by atoms with van der Waals surface area (Å²) < 4.78 is 40.2. The Balaban J connectivity index is 1.18. The number of aromatic amines is 1. The maximum Gasteiger partial charge on any atom is 0.417 e. The number of pyridine rings is 1. The Morgan fingerprint density at radius 2 is 1.83 bits per heavy atom. The fourth-order valence-electron chi connectivity index (χ4n) is 4.12. The van der Waals surface area contributed by atoms with Crippen LogP contribution in [0.5, 0.6) is 0 Å². The van der Waals surface area contributed by atoms with Crippen molar-refractivity contribution in [3.63, 3.8) is 0 Å². The third kappa shape index (κ3) is 5.38. The fraction of sp³-hybridized carbons (Fsp3) is 0.240. The SMILES string of the molecule is O=c1[nH]ncc2cc(-c3ccc(SN4CCC(Nc5ccc(C(F)(F)F)cn5)C(O)C4)cc3)ccc12. The zero-order valence-corrected chi connectivity index (χ0v) is 19.7. The first-order valence-electron chi connectivity index (χ1n) is 11.2. The van der Waals surface area contributed by atoms with Crippen LogP contribution >= 0.6 is 11.9 Å². The number of anilines is 1. The molecule has 0 aliphatic carbocycles. The molecule has 11 heteroatoms. The van der Waals surface area contributed by atoms with Crippen LogP contribution < -0.4 is 10.9 Å². The zero-order valence-electron chi connectivity index (χ0n) is 18.9. The number of H-pyrrole nitrogens is 1. The molecular weight excluding hydrogens is 491 g/mol. The van der Waals surface area contributed by atoms with Crippen molar-refractivity contribution in [2.24, 2.45) is 0 Å². The molecule has 1 aliphatic rings. The van der Waals surface area contributed by atoms with Crippen molar-refractivity contribution in [2.75, 3.05) is 18.4 Å². The number of nitrogens with zero attached hydrogens (tertiary/aromatic N) is 3. The largest absolute Gasteiger partial charge is 0.417 e. The molecule has 0 radical (unpaired) electrons. The van der Waals surface area contributed by atoms with Gasteiger partial charge in [-0.3, -0.25) is 4.79 Å². The number of β-amino-alcohol motifs (C(OH)–C–C–N with tert-alkyl or cyclic N) is 1. The van der Waals surface area contributed by atoms with Crippen molar-refractivity contribution < 1.29 is 18.3 Å². The Morgan fingerprint density at radius 3 is 2.53 bits per heavy atom. The van der Waals surface area contributed by atoms with Crippen molar-refractivity contribution in [1.82, 2.24) is 19.5 Å². The van der Waals surface area contributed by atoms with Gasteiger partial charge in [-0.2, -0.15) is 18.3 Å². The predicted octanol–water partition coefficient (Wildman–Crippen LogP) is 4.56. The van der Waals surface area contributed by atoms with Gasteiger partial charge in [-0.25, -0.2) is 14.4 Å². The van der Waals surface area contributed by atoms with Crippen LogP contribution in [-0.4, -0.2) is 49.8 Å². The summed E-state index contributed by atoms with van der Waals surface area (Å²) in [4.78, 5) is 16.7. The molecule has 1 aliphatic heterocycles. The first-order chi connectivity index (χ1) is 17.3. The third-order valence-electron chi connectivity index (χ3n) is 6.06. The van der Waals surface area contributed by atoms with E-state index >= 15 is 0 Å².